The monoisotopic (exact) mass is 346 g/mol. The van der Waals surface area contributed by atoms with Crippen molar-refractivity contribution in [3.05, 3.63) is 34.7 Å². The van der Waals surface area contributed by atoms with Crippen molar-refractivity contribution in [2.45, 2.75) is 19.6 Å². The first-order chi connectivity index (χ1) is 11.9. The molecule has 1 saturated heterocycles. The Kier molecular flexibility index (Phi) is 4.30. The summed E-state index contributed by atoms with van der Waals surface area (Å²) < 4.78 is 7.84. The fourth-order valence-corrected chi connectivity index (χ4v) is 2.83. The Morgan fingerprint density at radius 3 is 2.56 bits per heavy atom. The zero-order chi connectivity index (χ0) is 18.1. The van der Waals surface area contributed by atoms with Gasteiger partial charge < -0.3 is 10.1 Å². The van der Waals surface area contributed by atoms with Gasteiger partial charge in [0.2, 0.25) is 0 Å². The summed E-state index contributed by atoms with van der Waals surface area (Å²) in [7, 11) is 1.62. The zero-order valence-corrected chi connectivity index (χ0v) is 13.9. The molecule has 1 N–H and O–H groups in total. The average molecular weight is 346 g/mol. The number of carbonyl (C=O) groups excluding carboxylic acids is 3. The quantitative estimate of drug-likeness (QED) is 0.774. The van der Waals surface area contributed by atoms with Gasteiger partial charge in [-0.15, -0.1) is 0 Å². The van der Waals surface area contributed by atoms with Crippen LogP contribution in [0.3, 0.4) is 0 Å². The fourth-order valence-electron chi connectivity index (χ4n) is 2.83. The summed E-state index contributed by atoms with van der Waals surface area (Å²) >= 11 is 0. The molecule has 25 heavy (non-hydrogen) atoms. The van der Waals surface area contributed by atoms with E-state index < -0.39 is 24.0 Å². The van der Waals surface area contributed by atoms with E-state index in [1.807, 2.05) is 0 Å². The number of nitrogens with zero attached hydrogens (tertiary/aromatic N) is 3. The van der Waals surface area contributed by atoms with Crippen LogP contribution in [0.4, 0.5) is 4.79 Å². The van der Waals surface area contributed by atoms with Crippen LogP contribution in [-0.4, -0.2) is 51.1 Å². The molecule has 1 aliphatic heterocycles. The maximum atomic E-state index is 12.3. The van der Waals surface area contributed by atoms with Crippen molar-refractivity contribution in [2.24, 2.45) is 7.05 Å². The highest BCUT2D eigenvalue weighted by molar-refractivity contribution is 5.98. The van der Waals surface area contributed by atoms with Crippen molar-refractivity contribution in [3.8, 4) is 0 Å². The topological polar surface area (TPSA) is 103 Å². The molecule has 9 nitrogen and oxygen atoms in total. The molecule has 1 atom stereocenters. The summed E-state index contributed by atoms with van der Waals surface area (Å²) in [6.07, 6.45) is -1.11. The van der Waals surface area contributed by atoms with E-state index in [-0.39, 0.29) is 18.8 Å². The molecule has 132 valence electrons. The van der Waals surface area contributed by atoms with E-state index in [1.54, 1.807) is 31.3 Å². The molecule has 2 aromatic rings. The lowest BCUT2D eigenvalue weighted by Crippen LogP contribution is -2.42. The van der Waals surface area contributed by atoms with Crippen LogP contribution < -0.4 is 11.0 Å². The smallest absolute Gasteiger partial charge is 0.329 e. The van der Waals surface area contributed by atoms with Crippen LogP contribution in [-0.2, 0) is 27.9 Å². The number of aryl methyl sites for hydroxylation is 1. The number of benzene rings is 1. The van der Waals surface area contributed by atoms with Crippen LogP contribution in [0.5, 0.6) is 0 Å². The van der Waals surface area contributed by atoms with Gasteiger partial charge in [-0.3, -0.25) is 23.6 Å². The van der Waals surface area contributed by atoms with Gasteiger partial charge in [0.25, 0.3) is 5.91 Å². The first-order valence-corrected chi connectivity index (χ1v) is 7.83. The number of ether oxygens (including phenoxy) is 1. The number of para-hydroxylation sites is 2. The van der Waals surface area contributed by atoms with Crippen LogP contribution in [0.1, 0.15) is 6.92 Å². The van der Waals surface area contributed by atoms with Crippen molar-refractivity contribution >= 4 is 28.9 Å². The van der Waals surface area contributed by atoms with Gasteiger partial charge in [0, 0.05) is 20.1 Å². The average Bonchev–Trinajstić information content (AvgIpc) is 3.12. The maximum absolute atomic E-state index is 12.3. The second-order valence-corrected chi connectivity index (χ2v) is 5.77. The van der Waals surface area contributed by atoms with Gasteiger partial charge in [-0.25, -0.2) is 9.59 Å². The Morgan fingerprint density at radius 2 is 1.92 bits per heavy atom. The van der Waals surface area contributed by atoms with Crippen LogP contribution in [0, 0.1) is 0 Å². The summed E-state index contributed by atoms with van der Waals surface area (Å²) in [6, 6.07) is 6.57. The standard InChI is InChI=1S/C16H18N4O5/c1-10(14(22)19-8-7-17-15(19)23)25-13(21)9-20-12-6-4-3-5-11(12)18(2)16(20)24/h3-6,10H,7-9H2,1-2H3,(H,17,23)/t10-/m1/s1. The van der Waals surface area contributed by atoms with Crippen molar-refractivity contribution in [3.63, 3.8) is 0 Å². The Hall–Kier alpha value is -3.10. The normalized spacial score (nSPS) is 15.3. The Labute approximate surface area is 142 Å². The minimum absolute atomic E-state index is 0.238. The second kappa shape index (κ2) is 6.42. The highest BCUT2D eigenvalue weighted by Gasteiger charge is 2.31. The number of hydrogen-bond acceptors (Lipinski definition) is 5. The minimum Gasteiger partial charge on any atom is -0.451 e. The molecule has 1 fully saturated rings. The molecule has 3 amide bonds. The molecule has 2 heterocycles. The SMILES string of the molecule is C[C@@H](OC(=O)Cn1c(=O)n(C)c2ccccc21)C(=O)N1CCNC1=O. The number of rotatable bonds is 4. The minimum atomic E-state index is -1.11. The van der Waals surface area contributed by atoms with Gasteiger partial charge in [-0.1, -0.05) is 12.1 Å². The molecular weight excluding hydrogens is 328 g/mol. The Morgan fingerprint density at radius 1 is 1.24 bits per heavy atom. The fraction of sp³-hybridized carbons (Fsp3) is 0.375. The number of esters is 1. The number of amides is 3. The number of fused-ring (bicyclic) bond motifs is 1. The van der Waals surface area contributed by atoms with Crippen molar-refractivity contribution in [2.75, 3.05) is 13.1 Å². The van der Waals surface area contributed by atoms with Crippen molar-refractivity contribution in [1.29, 1.82) is 0 Å². The number of hydrogen-bond donors (Lipinski definition) is 1. The third-order valence-electron chi connectivity index (χ3n) is 4.12. The summed E-state index contributed by atoms with van der Waals surface area (Å²) in [5.74, 6) is -1.31. The van der Waals surface area contributed by atoms with E-state index in [2.05, 4.69) is 5.32 Å². The summed E-state index contributed by atoms with van der Waals surface area (Å²) in [4.78, 5) is 49.1. The predicted molar refractivity (Wildman–Crippen MR) is 87.8 cm³/mol. The molecule has 0 saturated carbocycles. The number of nitrogens with one attached hydrogen (secondary N) is 1. The lowest BCUT2D eigenvalue weighted by atomic mass is 10.3. The third kappa shape index (κ3) is 3.00. The van der Waals surface area contributed by atoms with Gasteiger partial charge in [0.15, 0.2) is 6.10 Å². The Bertz CT molecular complexity index is 913. The van der Waals surface area contributed by atoms with Gasteiger partial charge in [-0.2, -0.15) is 0 Å². The van der Waals surface area contributed by atoms with Crippen LogP contribution in [0.15, 0.2) is 29.1 Å². The maximum Gasteiger partial charge on any atom is 0.329 e. The first-order valence-electron chi connectivity index (χ1n) is 7.83. The largest absolute Gasteiger partial charge is 0.451 e. The molecule has 1 aromatic carbocycles. The number of urea groups is 1. The number of imidazole rings is 1. The van der Waals surface area contributed by atoms with Crippen molar-refractivity contribution in [1.82, 2.24) is 19.4 Å². The number of aromatic nitrogens is 2. The molecule has 9 heteroatoms. The summed E-state index contributed by atoms with van der Waals surface area (Å²) in [5, 5.41) is 2.51. The molecule has 0 radical (unpaired) electrons. The van der Waals surface area contributed by atoms with Crippen molar-refractivity contribution < 1.29 is 19.1 Å². The van der Waals surface area contributed by atoms with Crippen LogP contribution in [0.25, 0.3) is 11.0 Å². The van der Waals surface area contributed by atoms with E-state index >= 15 is 0 Å². The first kappa shape index (κ1) is 16.7. The van der Waals surface area contributed by atoms with E-state index in [0.29, 0.717) is 17.6 Å². The zero-order valence-electron chi connectivity index (χ0n) is 13.9. The van der Waals surface area contributed by atoms with Gasteiger partial charge in [0.05, 0.1) is 11.0 Å². The lowest BCUT2D eigenvalue weighted by molar-refractivity contribution is -0.158. The molecule has 0 unspecified atom stereocenters. The molecule has 1 aromatic heterocycles. The van der Waals surface area contributed by atoms with Crippen LogP contribution >= 0.6 is 0 Å². The predicted octanol–water partition coefficient (Wildman–Crippen LogP) is -0.176. The van der Waals surface area contributed by atoms with Gasteiger partial charge >= 0.3 is 17.7 Å². The van der Waals surface area contributed by atoms with E-state index in [0.717, 1.165) is 4.90 Å². The lowest BCUT2D eigenvalue weighted by Gasteiger charge is -2.18. The molecule has 1 aliphatic rings. The summed E-state index contributed by atoms with van der Waals surface area (Å²) in [6.45, 7) is 1.70. The van der Waals surface area contributed by atoms with E-state index in [9.17, 15) is 19.2 Å². The van der Waals surface area contributed by atoms with Gasteiger partial charge in [-0.05, 0) is 19.1 Å². The molecule has 0 aliphatic carbocycles. The van der Waals surface area contributed by atoms with Gasteiger partial charge in [0.1, 0.15) is 6.54 Å². The number of carbonyl (C=O) groups is 3. The molecule has 3 rings (SSSR count). The molecule has 0 spiro atoms. The Balaban J connectivity index is 1.73. The number of imide groups is 1. The third-order valence-corrected chi connectivity index (χ3v) is 4.12. The van der Waals surface area contributed by atoms with Crippen LogP contribution in [0.2, 0.25) is 0 Å². The summed E-state index contributed by atoms with van der Waals surface area (Å²) in [5.41, 5.74) is 0.944. The second-order valence-electron chi connectivity index (χ2n) is 5.77. The van der Waals surface area contributed by atoms with E-state index in [4.69, 9.17) is 4.74 Å². The highest BCUT2D eigenvalue weighted by atomic mass is 16.5. The highest BCUT2D eigenvalue weighted by Crippen LogP contribution is 2.12. The van der Waals surface area contributed by atoms with E-state index in [1.165, 1.54) is 16.1 Å². The molecular formula is C16H18N4O5. The molecule has 0 bridgehead atoms.